The van der Waals surface area contributed by atoms with Crippen LogP contribution in [0, 0.1) is 10.5 Å². The van der Waals surface area contributed by atoms with Crippen LogP contribution < -0.4 is 5.32 Å². The van der Waals surface area contributed by atoms with Crippen LogP contribution in [0.25, 0.3) is 17.0 Å². The molecule has 0 atom stereocenters. The number of aryl methyl sites for hydroxylation is 1. The number of halogens is 1. The number of benzene rings is 1. The van der Waals surface area contributed by atoms with E-state index in [1.54, 1.807) is 11.3 Å². The molecule has 1 aromatic carbocycles. The Morgan fingerprint density at radius 1 is 1.09 bits per heavy atom. The Morgan fingerprint density at radius 3 is 2.74 bits per heavy atom. The zero-order chi connectivity index (χ0) is 15.8. The number of aromatic nitrogens is 3. The van der Waals surface area contributed by atoms with Crippen LogP contribution in [0.5, 0.6) is 0 Å². The number of hydrogen-bond acceptors (Lipinski definition) is 4. The summed E-state index contributed by atoms with van der Waals surface area (Å²) in [7, 11) is 0. The highest BCUT2D eigenvalue weighted by molar-refractivity contribution is 14.1. The van der Waals surface area contributed by atoms with Crippen LogP contribution in [0.15, 0.2) is 54.0 Å². The van der Waals surface area contributed by atoms with Crippen LogP contribution in [-0.4, -0.2) is 14.4 Å². The Morgan fingerprint density at radius 2 is 1.91 bits per heavy atom. The summed E-state index contributed by atoms with van der Waals surface area (Å²) in [6.07, 6.45) is 2.02. The largest absolute Gasteiger partial charge is 0.332 e. The molecule has 0 unspecified atom stereocenters. The van der Waals surface area contributed by atoms with Gasteiger partial charge in [0.1, 0.15) is 11.3 Å². The van der Waals surface area contributed by atoms with E-state index < -0.39 is 0 Å². The maximum Gasteiger partial charge on any atom is 0.187 e. The third-order valence-corrected chi connectivity index (χ3v) is 5.02. The normalized spacial score (nSPS) is 11.0. The molecule has 0 spiro atoms. The Hall–Kier alpha value is -1.93. The third-order valence-electron chi connectivity index (χ3n) is 3.55. The standard InChI is InChI=1S/C17H13IN4S/c1-11-16(22-9-3-2-4-15(22)19-11)14-10-23-17(21-14)20-13-7-5-12(18)6-8-13/h2-10H,1H3,(H,20,21). The average Bonchev–Trinajstić information content (AvgIpc) is 3.12. The van der Waals surface area contributed by atoms with E-state index in [1.165, 1.54) is 3.57 Å². The van der Waals surface area contributed by atoms with Gasteiger partial charge in [-0.15, -0.1) is 11.3 Å². The van der Waals surface area contributed by atoms with Gasteiger partial charge in [-0.1, -0.05) is 6.07 Å². The smallest absolute Gasteiger partial charge is 0.187 e. The van der Waals surface area contributed by atoms with E-state index in [-0.39, 0.29) is 0 Å². The molecule has 23 heavy (non-hydrogen) atoms. The number of anilines is 2. The summed E-state index contributed by atoms with van der Waals surface area (Å²) in [5, 5.41) is 6.30. The van der Waals surface area contributed by atoms with Crippen molar-refractivity contribution >= 4 is 50.4 Å². The lowest BCUT2D eigenvalue weighted by Gasteiger charge is -2.02. The molecular weight excluding hydrogens is 419 g/mol. The molecule has 3 aromatic heterocycles. The molecular formula is C17H13IN4S. The molecule has 4 nitrogen and oxygen atoms in total. The fraction of sp³-hybridized carbons (Fsp3) is 0.0588. The van der Waals surface area contributed by atoms with Crippen molar-refractivity contribution in [3.05, 3.63) is 63.3 Å². The van der Waals surface area contributed by atoms with Crippen LogP contribution in [0.4, 0.5) is 10.8 Å². The molecule has 0 amide bonds. The second-order valence-corrected chi connectivity index (χ2v) is 7.25. The fourth-order valence-corrected chi connectivity index (χ4v) is 3.59. The molecule has 4 aromatic rings. The lowest BCUT2D eigenvalue weighted by molar-refractivity contribution is 1.17. The van der Waals surface area contributed by atoms with Gasteiger partial charge in [-0.05, 0) is 65.9 Å². The van der Waals surface area contributed by atoms with Crippen molar-refractivity contribution < 1.29 is 0 Å². The van der Waals surface area contributed by atoms with Crippen LogP contribution in [-0.2, 0) is 0 Å². The molecule has 6 heteroatoms. The van der Waals surface area contributed by atoms with Gasteiger partial charge in [0.05, 0.1) is 11.4 Å². The predicted octanol–water partition coefficient (Wildman–Crippen LogP) is 5.11. The summed E-state index contributed by atoms with van der Waals surface area (Å²) in [4.78, 5) is 9.32. The first kappa shape index (κ1) is 14.6. The molecule has 4 rings (SSSR count). The SMILES string of the molecule is Cc1nc2ccccn2c1-c1csc(Nc2ccc(I)cc2)n1. The molecule has 0 aliphatic carbocycles. The molecule has 0 saturated carbocycles. The molecule has 0 aliphatic rings. The number of hydrogen-bond donors (Lipinski definition) is 1. The topological polar surface area (TPSA) is 42.2 Å². The van der Waals surface area contributed by atoms with E-state index in [0.717, 1.165) is 33.5 Å². The molecule has 0 radical (unpaired) electrons. The number of rotatable bonds is 3. The minimum Gasteiger partial charge on any atom is -0.332 e. The number of imidazole rings is 1. The molecule has 0 saturated heterocycles. The number of pyridine rings is 1. The number of thiazole rings is 1. The Kier molecular flexibility index (Phi) is 3.78. The minimum absolute atomic E-state index is 0.881. The Balaban J connectivity index is 1.69. The third kappa shape index (κ3) is 2.84. The zero-order valence-electron chi connectivity index (χ0n) is 12.3. The number of nitrogens with one attached hydrogen (secondary N) is 1. The van der Waals surface area contributed by atoms with E-state index in [1.807, 2.05) is 31.3 Å². The van der Waals surface area contributed by atoms with Crippen LogP contribution >= 0.6 is 33.9 Å². The van der Waals surface area contributed by atoms with Gasteiger partial charge >= 0.3 is 0 Å². The number of nitrogens with zero attached hydrogens (tertiary/aromatic N) is 3. The van der Waals surface area contributed by atoms with Gasteiger partial charge in [-0.25, -0.2) is 9.97 Å². The molecule has 0 bridgehead atoms. The van der Waals surface area contributed by atoms with Gasteiger partial charge < -0.3 is 5.32 Å². The summed E-state index contributed by atoms with van der Waals surface area (Å²) in [5.41, 5.74) is 4.97. The van der Waals surface area contributed by atoms with Crippen molar-refractivity contribution in [2.45, 2.75) is 6.92 Å². The lowest BCUT2D eigenvalue weighted by atomic mass is 10.3. The van der Waals surface area contributed by atoms with Gasteiger partial charge in [-0.2, -0.15) is 0 Å². The highest BCUT2D eigenvalue weighted by Crippen LogP contribution is 2.29. The lowest BCUT2D eigenvalue weighted by Crippen LogP contribution is -1.91. The first-order valence-electron chi connectivity index (χ1n) is 7.13. The van der Waals surface area contributed by atoms with Crippen molar-refractivity contribution in [3.63, 3.8) is 0 Å². The number of fused-ring (bicyclic) bond motifs is 1. The minimum atomic E-state index is 0.881. The van der Waals surface area contributed by atoms with Crippen molar-refractivity contribution in [1.29, 1.82) is 0 Å². The van der Waals surface area contributed by atoms with Crippen LogP contribution in [0.1, 0.15) is 5.69 Å². The highest BCUT2D eigenvalue weighted by atomic mass is 127. The average molecular weight is 432 g/mol. The van der Waals surface area contributed by atoms with Gasteiger partial charge in [0.25, 0.3) is 0 Å². The van der Waals surface area contributed by atoms with E-state index in [2.05, 4.69) is 66.9 Å². The zero-order valence-corrected chi connectivity index (χ0v) is 15.3. The summed E-state index contributed by atoms with van der Waals surface area (Å²) < 4.78 is 3.30. The quantitative estimate of drug-likeness (QED) is 0.458. The molecule has 114 valence electrons. The second kappa shape index (κ2) is 5.93. The first-order chi connectivity index (χ1) is 11.2. The maximum absolute atomic E-state index is 4.73. The van der Waals surface area contributed by atoms with Gasteiger partial charge in [-0.3, -0.25) is 4.40 Å². The monoisotopic (exact) mass is 432 g/mol. The van der Waals surface area contributed by atoms with Gasteiger partial charge in [0, 0.05) is 20.8 Å². The predicted molar refractivity (Wildman–Crippen MR) is 103 cm³/mol. The van der Waals surface area contributed by atoms with E-state index >= 15 is 0 Å². The van der Waals surface area contributed by atoms with E-state index in [0.29, 0.717) is 0 Å². The second-order valence-electron chi connectivity index (χ2n) is 5.14. The summed E-state index contributed by atoms with van der Waals surface area (Å²) in [5.74, 6) is 0. The van der Waals surface area contributed by atoms with Gasteiger partial charge in [0.15, 0.2) is 5.13 Å². The van der Waals surface area contributed by atoms with Crippen LogP contribution in [0.2, 0.25) is 0 Å². The molecule has 0 fully saturated rings. The fourth-order valence-electron chi connectivity index (χ4n) is 2.52. The van der Waals surface area contributed by atoms with Crippen molar-refractivity contribution in [1.82, 2.24) is 14.4 Å². The van der Waals surface area contributed by atoms with Crippen molar-refractivity contribution in [3.8, 4) is 11.4 Å². The summed E-state index contributed by atoms with van der Waals surface area (Å²) >= 11 is 3.90. The molecule has 0 aliphatic heterocycles. The van der Waals surface area contributed by atoms with Crippen molar-refractivity contribution in [2.24, 2.45) is 0 Å². The molecule has 3 heterocycles. The summed E-state index contributed by atoms with van der Waals surface area (Å²) in [6.45, 7) is 2.02. The van der Waals surface area contributed by atoms with Crippen molar-refractivity contribution in [2.75, 3.05) is 5.32 Å². The van der Waals surface area contributed by atoms with Gasteiger partial charge in [0.2, 0.25) is 0 Å². The van der Waals surface area contributed by atoms with Crippen LogP contribution in [0.3, 0.4) is 0 Å². The Bertz CT molecular complexity index is 972. The van der Waals surface area contributed by atoms with E-state index in [4.69, 9.17) is 4.98 Å². The van der Waals surface area contributed by atoms with E-state index in [9.17, 15) is 0 Å². The highest BCUT2D eigenvalue weighted by Gasteiger charge is 2.13. The molecule has 1 N–H and O–H groups in total. The first-order valence-corrected chi connectivity index (χ1v) is 9.09. The Labute approximate surface area is 151 Å². The summed E-state index contributed by atoms with van der Waals surface area (Å²) in [6, 6.07) is 14.3. The maximum atomic E-state index is 4.73.